The number of carbonyl (C=O) groups is 1. The summed E-state index contributed by atoms with van der Waals surface area (Å²) in [7, 11) is 0. The van der Waals surface area contributed by atoms with Gasteiger partial charge in [0, 0.05) is 11.6 Å². The minimum absolute atomic E-state index is 0.0469. The Bertz CT molecular complexity index is 725. The monoisotopic (exact) mass is 269 g/mol. The number of carbonyl (C=O) groups excluding carboxylic acids is 1. The predicted molar refractivity (Wildman–Crippen MR) is 76.1 cm³/mol. The Labute approximate surface area is 116 Å². The summed E-state index contributed by atoms with van der Waals surface area (Å²) in [6, 6.07) is 11.2. The third-order valence-electron chi connectivity index (χ3n) is 3.18. The third kappa shape index (κ3) is 2.20. The van der Waals surface area contributed by atoms with Crippen molar-refractivity contribution in [2.75, 3.05) is 6.61 Å². The van der Waals surface area contributed by atoms with E-state index < -0.39 is 0 Å². The lowest BCUT2D eigenvalue weighted by Crippen LogP contribution is -2.08. The molecule has 0 bridgehead atoms. The van der Waals surface area contributed by atoms with Gasteiger partial charge in [-0.15, -0.1) is 0 Å². The first kappa shape index (κ1) is 12.5. The fourth-order valence-corrected chi connectivity index (χ4v) is 2.28. The summed E-state index contributed by atoms with van der Waals surface area (Å²) in [5, 5.41) is 1.02. The highest BCUT2D eigenvalue weighted by Gasteiger charge is 2.12. The van der Waals surface area contributed by atoms with Crippen molar-refractivity contribution < 1.29 is 13.9 Å². The molecule has 0 spiro atoms. The molecule has 1 aromatic carbocycles. The molecule has 0 radical (unpaired) electrons. The number of benzene rings is 1. The van der Waals surface area contributed by atoms with E-state index in [0.29, 0.717) is 12.4 Å². The molecular weight excluding hydrogens is 254 g/mol. The highest BCUT2D eigenvalue weighted by Crippen LogP contribution is 2.26. The number of Topliss-reactive ketones (excluding diaryl/α,β-unsaturated/α-hetero) is 1. The van der Waals surface area contributed by atoms with Crippen LogP contribution in [0.1, 0.15) is 17.5 Å². The van der Waals surface area contributed by atoms with E-state index in [1.54, 1.807) is 12.1 Å². The third-order valence-corrected chi connectivity index (χ3v) is 3.18. The molecule has 102 valence electrons. The smallest absolute Gasteiger partial charge is 0.217 e. The van der Waals surface area contributed by atoms with E-state index in [1.165, 1.54) is 6.26 Å². The molecule has 0 aliphatic carbocycles. The van der Waals surface area contributed by atoms with Crippen molar-refractivity contribution in [2.24, 2.45) is 0 Å². The standard InChI is InChI=1S/C16H15NO3/c1-2-19-15-6-3-5-13-12(15)8-9-17(13)11-14(18)16-7-4-10-20-16/h3-10H,2,11H2,1H3. The number of rotatable bonds is 5. The van der Waals surface area contributed by atoms with Gasteiger partial charge in [0.2, 0.25) is 5.78 Å². The van der Waals surface area contributed by atoms with Gasteiger partial charge in [0.05, 0.1) is 24.9 Å². The molecule has 0 aliphatic rings. The van der Waals surface area contributed by atoms with Crippen molar-refractivity contribution in [3.8, 4) is 5.75 Å². The van der Waals surface area contributed by atoms with Crippen LogP contribution < -0.4 is 4.74 Å². The van der Waals surface area contributed by atoms with E-state index in [1.807, 2.05) is 42.0 Å². The van der Waals surface area contributed by atoms with Crippen LogP contribution in [-0.2, 0) is 6.54 Å². The molecule has 2 aromatic heterocycles. The van der Waals surface area contributed by atoms with Gasteiger partial charge in [0.1, 0.15) is 5.75 Å². The van der Waals surface area contributed by atoms with E-state index in [0.717, 1.165) is 16.7 Å². The second-order valence-electron chi connectivity index (χ2n) is 4.47. The van der Waals surface area contributed by atoms with Gasteiger partial charge in [-0.25, -0.2) is 0 Å². The fourth-order valence-electron chi connectivity index (χ4n) is 2.28. The first-order chi connectivity index (χ1) is 9.79. The van der Waals surface area contributed by atoms with E-state index in [-0.39, 0.29) is 12.3 Å². The average Bonchev–Trinajstić information content (AvgIpc) is 3.09. The Kier molecular flexibility index (Phi) is 3.29. The first-order valence-corrected chi connectivity index (χ1v) is 6.57. The molecule has 0 saturated heterocycles. The summed E-state index contributed by atoms with van der Waals surface area (Å²) < 4.78 is 12.6. The van der Waals surface area contributed by atoms with Crippen LogP contribution in [0.4, 0.5) is 0 Å². The van der Waals surface area contributed by atoms with Crippen LogP contribution in [-0.4, -0.2) is 17.0 Å². The molecule has 0 fully saturated rings. The minimum Gasteiger partial charge on any atom is -0.493 e. The Morgan fingerprint density at radius 3 is 2.90 bits per heavy atom. The largest absolute Gasteiger partial charge is 0.493 e. The second-order valence-corrected chi connectivity index (χ2v) is 4.47. The number of aromatic nitrogens is 1. The number of ketones is 1. The zero-order valence-corrected chi connectivity index (χ0v) is 11.2. The quantitative estimate of drug-likeness (QED) is 0.666. The van der Waals surface area contributed by atoms with E-state index in [9.17, 15) is 4.79 Å². The molecular formula is C16H15NO3. The van der Waals surface area contributed by atoms with Gasteiger partial charge in [-0.3, -0.25) is 4.79 Å². The fraction of sp³-hybridized carbons (Fsp3) is 0.188. The molecule has 0 aliphatic heterocycles. The Morgan fingerprint density at radius 2 is 2.15 bits per heavy atom. The van der Waals surface area contributed by atoms with Crippen LogP contribution in [0.25, 0.3) is 10.9 Å². The number of hydrogen-bond donors (Lipinski definition) is 0. The molecule has 2 heterocycles. The zero-order valence-electron chi connectivity index (χ0n) is 11.2. The van der Waals surface area contributed by atoms with Crippen LogP contribution in [0, 0.1) is 0 Å². The van der Waals surface area contributed by atoms with E-state index in [4.69, 9.17) is 9.15 Å². The van der Waals surface area contributed by atoms with Gasteiger partial charge in [-0.05, 0) is 37.3 Å². The molecule has 0 saturated carbocycles. The summed E-state index contributed by atoms with van der Waals surface area (Å²) in [6.07, 6.45) is 3.40. The number of furan rings is 1. The molecule has 4 nitrogen and oxygen atoms in total. The van der Waals surface area contributed by atoms with E-state index in [2.05, 4.69) is 0 Å². The molecule has 0 N–H and O–H groups in total. The summed E-state index contributed by atoms with van der Waals surface area (Å²) >= 11 is 0. The van der Waals surface area contributed by atoms with Gasteiger partial charge in [0.25, 0.3) is 0 Å². The molecule has 0 unspecified atom stereocenters. The van der Waals surface area contributed by atoms with Crippen LogP contribution in [0.2, 0.25) is 0 Å². The van der Waals surface area contributed by atoms with Crippen LogP contribution in [0.3, 0.4) is 0 Å². The molecule has 0 atom stereocenters. The lowest BCUT2D eigenvalue weighted by Gasteiger charge is -2.06. The molecule has 0 amide bonds. The number of fused-ring (bicyclic) bond motifs is 1. The summed E-state index contributed by atoms with van der Waals surface area (Å²) in [5.74, 6) is 1.18. The second kappa shape index (κ2) is 5.25. The highest BCUT2D eigenvalue weighted by molar-refractivity contribution is 5.95. The van der Waals surface area contributed by atoms with Gasteiger partial charge < -0.3 is 13.7 Å². The van der Waals surface area contributed by atoms with Gasteiger partial charge in [0.15, 0.2) is 5.76 Å². The lowest BCUT2D eigenvalue weighted by atomic mass is 10.2. The van der Waals surface area contributed by atoms with Gasteiger partial charge in [-0.1, -0.05) is 6.07 Å². The normalized spacial score (nSPS) is 10.8. The highest BCUT2D eigenvalue weighted by atomic mass is 16.5. The summed E-state index contributed by atoms with van der Waals surface area (Å²) in [4.78, 5) is 12.1. The zero-order chi connectivity index (χ0) is 13.9. The molecule has 3 aromatic rings. The van der Waals surface area contributed by atoms with E-state index >= 15 is 0 Å². The minimum atomic E-state index is -0.0469. The Balaban J connectivity index is 1.93. The number of nitrogens with zero attached hydrogens (tertiary/aromatic N) is 1. The van der Waals surface area contributed by atoms with Gasteiger partial charge >= 0.3 is 0 Å². The first-order valence-electron chi connectivity index (χ1n) is 6.57. The van der Waals surface area contributed by atoms with Crippen molar-refractivity contribution in [3.05, 3.63) is 54.6 Å². The van der Waals surface area contributed by atoms with Gasteiger partial charge in [-0.2, -0.15) is 0 Å². The van der Waals surface area contributed by atoms with Crippen LogP contribution in [0.15, 0.2) is 53.3 Å². The predicted octanol–water partition coefficient (Wildman–Crippen LogP) is 3.52. The molecule has 4 heteroatoms. The maximum atomic E-state index is 12.1. The maximum Gasteiger partial charge on any atom is 0.217 e. The number of hydrogen-bond acceptors (Lipinski definition) is 3. The van der Waals surface area contributed by atoms with Crippen molar-refractivity contribution in [1.82, 2.24) is 4.57 Å². The lowest BCUT2D eigenvalue weighted by molar-refractivity contribution is 0.0946. The molecule has 20 heavy (non-hydrogen) atoms. The Morgan fingerprint density at radius 1 is 1.25 bits per heavy atom. The number of ether oxygens (including phenoxy) is 1. The topological polar surface area (TPSA) is 44.4 Å². The average molecular weight is 269 g/mol. The van der Waals surface area contributed by atoms with Crippen molar-refractivity contribution in [3.63, 3.8) is 0 Å². The Hall–Kier alpha value is -2.49. The maximum absolute atomic E-state index is 12.1. The van der Waals surface area contributed by atoms with Crippen molar-refractivity contribution in [2.45, 2.75) is 13.5 Å². The van der Waals surface area contributed by atoms with Crippen LogP contribution in [0.5, 0.6) is 5.75 Å². The van der Waals surface area contributed by atoms with Crippen molar-refractivity contribution in [1.29, 1.82) is 0 Å². The SMILES string of the molecule is CCOc1cccc2c1ccn2CC(=O)c1ccco1. The summed E-state index contributed by atoms with van der Waals surface area (Å²) in [6.45, 7) is 2.83. The molecule has 3 rings (SSSR count). The summed E-state index contributed by atoms with van der Waals surface area (Å²) in [5.41, 5.74) is 0.982. The van der Waals surface area contributed by atoms with Crippen molar-refractivity contribution >= 4 is 16.7 Å². The van der Waals surface area contributed by atoms with Crippen LogP contribution >= 0.6 is 0 Å².